The van der Waals surface area contributed by atoms with Crippen LogP contribution in [0.3, 0.4) is 0 Å². The average Bonchev–Trinajstić information content (AvgIpc) is 3.14. The molecule has 2 aromatic heterocycles. The summed E-state index contributed by atoms with van der Waals surface area (Å²) in [7, 11) is 1.80. The van der Waals surface area contributed by atoms with Gasteiger partial charge in [0.1, 0.15) is 11.3 Å². The molecule has 2 aromatic rings. The van der Waals surface area contributed by atoms with Crippen LogP contribution < -0.4 is 4.90 Å². The molecule has 1 fully saturated rings. The molecule has 1 aliphatic heterocycles. The van der Waals surface area contributed by atoms with Gasteiger partial charge in [-0.2, -0.15) is 4.98 Å². The number of nitrogens with zero attached hydrogens (tertiary/aromatic N) is 7. The Labute approximate surface area is 139 Å². The zero-order valence-corrected chi connectivity index (χ0v) is 14.4. The maximum Gasteiger partial charge on any atom is 0.410 e. The van der Waals surface area contributed by atoms with Gasteiger partial charge in [-0.15, -0.1) is 10.2 Å². The van der Waals surface area contributed by atoms with Crippen LogP contribution in [0.15, 0.2) is 6.20 Å². The largest absolute Gasteiger partial charge is 0.444 e. The highest BCUT2D eigenvalue weighted by molar-refractivity contribution is 5.68. The summed E-state index contributed by atoms with van der Waals surface area (Å²) in [5.41, 5.74) is 0.160. The van der Waals surface area contributed by atoms with Crippen LogP contribution in [0.25, 0.3) is 11.5 Å². The van der Waals surface area contributed by atoms with Crippen molar-refractivity contribution < 1.29 is 9.53 Å². The van der Waals surface area contributed by atoms with Crippen molar-refractivity contribution in [3.63, 3.8) is 0 Å². The van der Waals surface area contributed by atoms with Gasteiger partial charge in [0, 0.05) is 33.2 Å². The van der Waals surface area contributed by atoms with Gasteiger partial charge in [0.05, 0.1) is 6.20 Å². The second kappa shape index (κ2) is 6.10. The fourth-order valence-corrected chi connectivity index (χ4v) is 2.38. The molecule has 1 saturated heterocycles. The maximum atomic E-state index is 12.1. The fraction of sp³-hybridized carbons (Fsp3) is 0.643. The van der Waals surface area contributed by atoms with E-state index in [1.807, 2.05) is 25.7 Å². The lowest BCUT2D eigenvalue weighted by molar-refractivity contribution is 0.0240. The van der Waals surface area contributed by atoms with E-state index in [4.69, 9.17) is 4.74 Å². The first-order valence-corrected chi connectivity index (χ1v) is 7.84. The van der Waals surface area contributed by atoms with Crippen molar-refractivity contribution in [3.05, 3.63) is 6.20 Å². The van der Waals surface area contributed by atoms with Crippen molar-refractivity contribution in [3.8, 4) is 11.5 Å². The summed E-state index contributed by atoms with van der Waals surface area (Å²) >= 11 is 0. The molecule has 0 unspecified atom stereocenters. The second-order valence-corrected chi connectivity index (χ2v) is 6.72. The van der Waals surface area contributed by atoms with Crippen LogP contribution >= 0.6 is 0 Å². The van der Waals surface area contributed by atoms with E-state index in [-0.39, 0.29) is 6.09 Å². The number of aryl methyl sites for hydroxylation is 1. The Morgan fingerprint density at radius 1 is 1.25 bits per heavy atom. The Hall–Kier alpha value is -2.65. The van der Waals surface area contributed by atoms with Crippen molar-refractivity contribution in [2.45, 2.75) is 26.4 Å². The van der Waals surface area contributed by atoms with Crippen LogP contribution in [0.2, 0.25) is 0 Å². The van der Waals surface area contributed by atoms with Crippen LogP contribution in [-0.4, -0.2) is 72.9 Å². The van der Waals surface area contributed by atoms with Gasteiger partial charge < -0.3 is 14.5 Å². The van der Waals surface area contributed by atoms with E-state index < -0.39 is 5.60 Å². The van der Waals surface area contributed by atoms with Gasteiger partial charge in [0.15, 0.2) is 5.82 Å². The van der Waals surface area contributed by atoms with E-state index in [1.165, 1.54) is 0 Å². The Morgan fingerprint density at radius 3 is 2.54 bits per heavy atom. The van der Waals surface area contributed by atoms with Crippen molar-refractivity contribution in [1.29, 1.82) is 0 Å². The Bertz CT molecular complexity index is 708. The van der Waals surface area contributed by atoms with E-state index in [0.717, 1.165) is 0 Å². The predicted octanol–water partition coefficient (Wildman–Crippen LogP) is 0.657. The summed E-state index contributed by atoms with van der Waals surface area (Å²) in [6.07, 6.45) is 1.49. The molecule has 3 rings (SSSR count). The average molecular weight is 334 g/mol. The van der Waals surface area contributed by atoms with Gasteiger partial charge in [-0.3, -0.25) is 9.78 Å². The van der Waals surface area contributed by atoms with Gasteiger partial charge in [0.25, 0.3) is 0 Å². The van der Waals surface area contributed by atoms with Crippen LogP contribution in [-0.2, 0) is 11.8 Å². The van der Waals surface area contributed by atoms with Gasteiger partial charge in [0.2, 0.25) is 5.95 Å². The maximum absolute atomic E-state index is 12.1. The molecule has 0 aromatic carbocycles. The zero-order valence-electron chi connectivity index (χ0n) is 14.4. The molecule has 0 bridgehead atoms. The number of aromatic nitrogens is 6. The van der Waals surface area contributed by atoms with Crippen molar-refractivity contribution in [2.75, 3.05) is 31.1 Å². The Kier molecular flexibility index (Phi) is 4.12. The third-order valence-electron chi connectivity index (χ3n) is 3.53. The summed E-state index contributed by atoms with van der Waals surface area (Å²) in [6.45, 7) is 8.04. The predicted molar refractivity (Wildman–Crippen MR) is 86.4 cm³/mol. The van der Waals surface area contributed by atoms with Gasteiger partial charge in [-0.1, -0.05) is 5.21 Å². The van der Waals surface area contributed by atoms with Crippen molar-refractivity contribution in [2.24, 2.45) is 7.05 Å². The lowest BCUT2D eigenvalue weighted by Gasteiger charge is -2.35. The van der Waals surface area contributed by atoms with Crippen LogP contribution in [0.4, 0.5) is 10.7 Å². The second-order valence-electron chi connectivity index (χ2n) is 6.72. The Balaban J connectivity index is 1.59. The molecule has 0 spiro atoms. The summed E-state index contributed by atoms with van der Waals surface area (Å²) in [4.78, 5) is 20.3. The highest BCUT2D eigenvalue weighted by Gasteiger charge is 2.27. The molecule has 0 atom stereocenters. The SMILES string of the molecule is Cn1cc(-c2nc(N3CCN(C(=O)OC(C)(C)C)CC3)n[nH]2)nn1. The third-order valence-corrected chi connectivity index (χ3v) is 3.53. The molecule has 0 saturated carbocycles. The van der Waals surface area contributed by atoms with E-state index in [0.29, 0.717) is 43.6 Å². The summed E-state index contributed by atoms with van der Waals surface area (Å²) in [6, 6.07) is 0. The number of nitrogens with one attached hydrogen (secondary N) is 1. The number of carbonyl (C=O) groups excluding carboxylic acids is 1. The van der Waals surface area contributed by atoms with Crippen LogP contribution in [0.1, 0.15) is 20.8 Å². The lowest BCUT2D eigenvalue weighted by atomic mass is 10.2. The minimum atomic E-state index is -0.483. The van der Waals surface area contributed by atoms with E-state index in [2.05, 4.69) is 25.5 Å². The number of hydrogen-bond acceptors (Lipinski definition) is 7. The number of anilines is 1. The first kappa shape index (κ1) is 16.2. The first-order chi connectivity index (χ1) is 11.3. The smallest absolute Gasteiger partial charge is 0.410 e. The first-order valence-electron chi connectivity index (χ1n) is 7.84. The van der Waals surface area contributed by atoms with Crippen molar-refractivity contribution in [1.82, 2.24) is 35.1 Å². The van der Waals surface area contributed by atoms with Gasteiger partial charge in [-0.05, 0) is 20.8 Å². The number of ether oxygens (including phenoxy) is 1. The normalized spacial score (nSPS) is 15.7. The van der Waals surface area contributed by atoms with Crippen LogP contribution in [0, 0.1) is 0 Å². The summed E-state index contributed by atoms with van der Waals surface area (Å²) < 4.78 is 7.00. The topological polar surface area (TPSA) is 105 Å². The number of carbonyl (C=O) groups is 1. The molecular formula is C14H22N8O2. The molecule has 0 radical (unpaired) electrons. The molecule has 10 nitrogen and oxygen atoms in total. The minimum Gasteiger partial charge on any atom is -0.444 e. The lowest BCUT2D eigenvalue weighted by Crippen LogP contribution is -2.50. The summed E-state index contributed by atoms with van der Waals surface area (Å²) in [5.74, 6) is 1.17. The molecule has 0 aliphatic carbocycles. The van der Waals surface area contributed by atoms with E-state index in [9.17, 15) is 4.79 Å². The van der Waals surface area contributed by atoms with E-state index in [1.54, 1.807) is 22.8 Å². The zero-order chi connectivity index (χ0) is 17.3. The molecule has 3 heterocycles. The molecule has 1 amide bonds. The van der Waals surface area contributed by atoms with Gasteiger partial charge >= 0.3 is 6.09 Å². The van der Waals surface area contributed by atoms with Crippen molar-refractivity contribution >= 4 is 12.0 Å². The Morgan fingerprint density at radius 2 is 1.96 bits per heavy atom. The van der Waals surface area contributed by atoms with Gasteiger partial charge in [-0.25, -0.2) is 4.79 Å². The highest BCUT2D eigenvalue weighted by atomic mass is 16.6. The quantitative estimate of drug-likeness (QED) is 0.860. The fourth-order valence-electron chi connectivity index (χ4n) is 2.38. The summed E-state index contributed by atoms with van der Waals surface area (Å²) in [5, 5.41) is 15.0. The molecule has 130 valence electrons. The highest BCUT2D eigenvalue weighted by Crippen LogP contribution is 2.17. The van der Waals surface area contributed by atoms with E-state index >= 15 is 0 Å². The number of hydrogen-bond donors (Lipinski definition) is 1. The number of rotatable bonds is 2. The number of H-pyrrole nitrogens is 1. The minimum absolute atomic E-state index is 0.280. The third kappa shape index (κ3) is 3.63. The number of piperazine rings is 1. The molecule has 10 heteroatoms. The van der Waals surface area contributed by atoms with Crippen LogP contribution in [0.5, 0.6) is 0 Å². The molecule has 1 N–H and O–H groups in total. The molecule has 1 aliphatic rings. The molecular weight excluding hydrogens is 312 g/mol. The number of aromatic amines is 1. The standard InChI is InChI=1S/C14H22N8O2/c1-14(2,3)24-13(23)22-7-5-21(6-8-22)12-15-11(17-18-12)10-9-20(4)19-16-10/h9H,5-8H2,1-4H3,(H,15,17,18). The number of amides is 1. The molecule has 24 heavy (non-hydrogen) atoms. The monoisotopic (exact) mass is 334 g/mol.